The molecule has 5 nitrogen and oxygen atoms in total. The highest BCUT2D eigenvalue weighted by atomic mass is 16.6. The molecule has 0 saturated carbocycles. The Morgan fingerprint density at radius 1 is 0.389 bits per heavy atom. The number of hydrogen-bond acceptors (Lipinski definition) is 5. The third-order valence-corrected chi connectivity index (χ3v) is 9.73. The fourth-order valence-electron chi connectivity index (χ4n) is 6.24. The molecule has 0 saturated heterocycles. The zero-order valence-corrected chi connectivity index (χ0v) is 35.5. The molecule has 1 atom stereocenters. The van der Waals surface area contributed by atoms with Crippen LogP contribution in [0.2, 0.25) is 0 Å². The fraction of sp³-hybridized carbons (Fsp3) is 0.755. The first-order valence-electron chi connectivity index (χ1n) is 22.8. The highest BCUT2D eigenvalue weighted by Gasteiger charge is 2.12. The molecule has 54 heavy (non-hydrogen) atoms. The molecule has 0 rings (SSSR count). The molecular weight excluding hydrogens is 669 g/mol. The van der Waals surface area contributed by atoms with Gasteiger partial charge in [-0.1, -0.05) is 184 Å². The van der Waals surface area contributed by atoms with Gasteiger partial charge >= 0.3 is 11.9 Å². The van der Waals surface area contributed by atoms with E-state index in [-0.39, 0.29) is 25.2 Å². The molecule has 0 radical (unpaired) electrons. The Bertz CT molecular complexity index is 946. The molecule has 0 amide bonds. The Kier molecular flexibility index (Phi) is 43.0. The lowest BCUT2D eigenvalue weighted by Gasteiger charge is -2.12. The lowest BCUT2D eigenvalue weighted by atomic mass is 10.0. The van der Waals surface area contributed by atoms with Crippen LogP contribution in [0, 0.1) is 0 Å². The number of aliphatic hydroxyl groups excluding tert-OH is 1. The van der Waals surface area contributed by atoms with Gasteiger partial charge in [0.05, 0.1) is 0 Å². The highest BCUT2D eigenvalue weighted by Crippen LogP contribution is 2.14. The molecule has 0 aromatic heterocycles. The molecule has 0 fully saturated rings. The van der Waals surface area contributed by atoms with Crippen molar-refractivity contribution in [1.29, 1.82) is 0 Å². The molecule has 0 aromatic carbocycles. The normalized spacial score (nSPS) is 12.7. The van der Waals surface area contributed by atoms with E-state index in [1.165, 1.54) is 128 Å². The number of carbonyl (C=O) groups is 2. The Balaban J connectivity index is 3.48. The minimum absolute atomic E-state index is 0.128. The second kappa shape index (κ2) is 45.0. The van der Waals surface area contributed by atoms with E-state index in [0.717, 1.165) is 64.2 Å². The van der Waals surface area contributed by atoms with Crippen molar-refractivity contribution in [2.75, 3.05) is 13.2 Å². The Morgan fingerprint density at radius 2 is 0.648 bits per heavy atom. The number of unbranched alkanes of at least 4 members (excludes halogenated alkanes) is 23. The first-order valence-corrected chi connectivity index (χ1v) is 22.8. The van der Waals surface area contributed by atoms with Gasteiger partial charge in [0.15, 0.2) is 0 Å². The number of aliphatic hydroxyl groups is 1. The summed E-state index contributed by atoms with van der Waals surface area (Å²) < 4.78 is 10.4. The number of hydrogen-bond donors (Lipinski definition) is 1. The van der Waals surface area contributed by atoms with E-state index in [9.17, 15) is 14.7 Å². The van der Waals surface area contributed by atoms with Crippen LogP contribution in [0.1, 0.15) is 219 Å². The first kappa shape index (κ1) is 51.6. The van der Waals surface area contributed by atoms with Gasteiger partial charge in [-0.25, -0.2) is 0 Å². The minimum Gasteiger partial charge on any atom is -0.463 e. The summed E-state index contributed by atoms with van der Waals surface area (Å²) in [4.78, 5) is 24.0. The molecule has 312 valence electrons. The van der Waals surface area contributed by atoms with E-state index >= 15 is 0 Å². The summed E-state index contributed by atoms with van der Waals surface area (Å²) in [5.74, 6) is -0.599. The Morgan fingerprint density at radius 3 is 1.04 bits per heavy atom. The first-order chi connectivity index (χ1) is 26.6. The number of rotatable bonds is 41. The van der Waals surface area contributed by atoms with Crippen molar-refractivity contribution >= 4 is 11.9 Å². The van der Waals surface area contributed by atoms with Crippen LogP contribution >= 0.6 is 0 Å². The number of carbonyl (C=O) groups excluding carboxylic acids is 2. The predicted octanol–water partition coefficient (Wildman–Crippen LogP) is 14.7. The Hall–Kier alpha value is -2.40. The third kappa shape index (κ3) is 44.0. The SMILES string of the molecule is CCCCC/C=C\C/C=C\C/C=C\C/C=C\CCCCCC(=O)OC[C@H](O)COC(=O)CCCCCCCCCCCCC/C=C\CCCCCCCC. The highest BCUT2D eigenvalue weighted by molar-refractivity contribution is 5.69. The molecule has 0 aliphatic rings. The average molecular weight is 755 g/mol. The second-order valence-corrected chi connectivity index (χ2v) is 15.2. The van der Waals surface area contributed by atoms with Gasteiger partial charge in [-0.3, -0.25) is 9.59 Å². The van der Waals surface area contributed by atoms with Gasteiger partial charge in [-0.15, -0.1) is 0 Å². The van der Waals surface area contributed by atoms with Gasteiger partial charge in [0.25, 0.3) is 0 Å². The Labute approximate surface area is 334 Å². The van der Waals surface area contributed by atoms with Crippen molar-refractivity contribution in [3.05, 3.63) is 60.8 Å². The summed E-state index contributed by atoms with van der Waals surface area (Å²) in [7, 11) is 0. The predicted molar refractivity (Wildman–Crippen MR) is 233 cm³/mol. The minimum atomic E-state index is -0.980. The van der Waals surface area contributed by atoms with E-state index < -0.39 is 6.10 Å². The lowest BCUT2D eigenvalue weighted by molar-refractivity contribution is -0.152. The van der Waals surface area contributed by atoms with E-state index in [1.54, 1.807) is 0 Å². The molecule has 0 unspecified atom stereocenters. The molecule has 1 N–H and O–H groups in total. The molecule has 0 aliphatic heterocycles. The molecule has 0 aromatic rings. The maximum Gasteiger partial charge on any atom is 0.305 e. The summed E-state index contributed by atoms with van der Waals surface area (Å²) >= 11 is 0. The third-order valence-electron chi connectivity index (χ3n) is 9.73. The maximum atomic E-state index is 12.0. The zero-order chi connectivity index (χ0) is 39.3. The van der Waals surface area contributed by atoms with Gasteiger partial charge in [-0.05, 0) is 83.5 Å². The van der Waals surface area contributed by atoms with Gasteiger partial charge in [-0.2, -0.15) is 0 Å². The fourth-order valence-corrected chi connectivity index (χ4v) is 6.24. The molecule has 5 heteroatoms. The average Bonchev–Trinajstić information content (AvgIpc) is 3.17. The standard InChI is InChI=1S/C49H86O5/c1-3-5-7-9-11-13-15-17-19-21-23-24-26-28-30-32-34-36-38-40-42-44-49(52)54-46-47(50)45-53-48(51)43-41-39-37-35-33-31-29-27-25-22-20-18-16-14-12-10-8-6-4-2/h12,14,17-20,25,27,31,33,47,50H,3-11,13,15-16,21-24,26,28-30,32,34-46H2,1-2H3/b14-12-,19-17-,20-18-,27-25-,33-31-/t47-/m0/s1. The van der Waals surface area contributed by atoms with Crippen LogP contribution in [0.25, 0.3) is 0 Å². The monoisotopic (exact) mass is 755 g/mol. The van der Waals surface area contributed by atoms with E-state index in [0.29, 0.717) is 12.8 Å². The summed E-state index contributed by atoms with van der Waals surface area (Å²) in [5, 5.41) is 10.1. The summed E-state index contributed by atoms with van der Waals surface area (Å²) in [6.07, 6.45) is 58.6. The van der Waals surface area contributed by atoms with Crippen molar-refractivity contribution in [2.24, 2.45) is 0 Å². The van der Waals surface area contributed by atoms with E-state index in [4.69, 9.17) is 9.47 Å². The van der Waals surface area contributed by atoms with Gasteiger partial charge in [0.1, 0.15) is 19.3 Å². The second-order valence-electron chi connectivity index (χ2n) is 15.2. The molecule has 0 heterocycles. The van der Waals surface area contributed by atoms with Crippen molar-refractivity contribution < 1.29 is 24.2 Å². The number of ether oxygens (including phenoxy) is 2. The zero-order valence-electron chi connectivity index (χ0n) is 35.5. The van der Waals surface area contributed by atoms with Crippen molar-refractivity contribution in [1.82, 2.24) is 0 Å². The van der Waals surface area contributed by atoms with Crippen LogP contribution in [0.4, 0.5) is 0 Å². The summed E-state index contributed by atoms with van der Waals surface area (Å²) in [6.45, 7) is 4.25. The summed E-state index contributed by atoms with van der Waals surface area (Å²) in [5.41, 5.74) is 0. The number of allylic oxidation sites excluding steroid dienone is 10. The molecule has 0 aliphatic carbocycles. The molecular formula is C49H86O5. The quantitative estimate of drug-likeness (QED) is 0.0382. The van der Waals surface area contributed by atoms with Crippen LogP contribution in [-0.4, -0.2) is 36.4 Å². The van der Waals surface area contributed by atoms with Crippen LogP contribution in [-0.2, 0) is 19.1 Å². The van der Waals surface area contributed by atoms with Crippen molar-refractivity contribution in [3.63, 3.8) is 0 Å². The van der Waals surface area contributed by atoms with Crippen LogP contribution in [0.3, 0.4) is 0 Å². The lowest BCUT2D eigenvalue weighted by Crippen LogP contribution is -2.25. The topological polar surface area (TPSA) is 72.8 Å². The van der Waals surface area contributed by atoms with Crippen molar-refractivity contribution in [2.45, 2.75) is 225 Å². The largest absolute Gasteiger partial charge is 0.463 e. The maximum absolute atomic E-state index is 12.0. The van der Waals surface area contributed by atoms with E-state index in [1.807, 2.05) is 0 Å². The van der Waals surface area contributed by atoms with Gasteiger partial charge in [0.2, 0.25) is 0 Å². The smallest absolute Gasteiger partial charge is 0.305 e. The van der Waals surface area contributed by atoms with Gasteiger partial charge in [0, 0.05) is 12.8 Å². The number of esters is 2. The van der Waals surface area contributed by atoms with Crippen molar-refractivity contribution in [3.8, 4) is 0 Å². The van der Waals surface area contributed by atoms with Crippen LogP contribution in [0.15, 0.2) is 60.8 Å². The van der Waals surface area contributed by atoms with Crippen LogP contribution in [0.5, 0.6) is 0 Å². The van der Waals surface area contributed by atoms with E-state index in [2.05, 4.69) is 74.6 Å². The molecule has 0 spiro atoms. The van der Waals surface area contributed by atoms with Crippen LogP contribution < -0.4 is 0 Å². The molecule has 0 bridgehead atoms. The van der Waals surface area contributed by atoms with Gasteiger partial charge < -0.3 is 14.6 Å². The summed E-state index contributed by atoms with van der Waals surface area (Å²) in [6, 6.07) is 0.